The molecule has 1 saturated heterocycles. The zero-order valence-corrected chi connectivity index (χ0v) is 13.2. The zero-order valence-electron chi connectivity index (χ0n) is 13.2. The van der Waals surface area contributed by atoms with E-state index < -0.39 is 0 Å². The molecule has 1 fully saturated rings. The summed E-state index contributed by atoms with van der Waals surface area (Å²) in [5, 5.41) is 2.94. The Balaban J connectivity index is 1.68. The van der Waals surface area contributed by atoms with Gasteiger partial charge in [0, 0.05) is 43.3 Å². The van der Waals surface area contributed by atoms with Gasteiger partial charge in [0.05, 0.1) is 18.8 Å². The number of hydrogen-bond donors (Lipinski definition) is 1. The summed E-state index contributed by atoms with van der Waals surface area (Å²) in [7, 11) is 0. The van der Waals surface area contributed by atoms with E-state index in [-0.39, 0.29) is 5.91 Å². The van der Waals surface area contributed by atoms with Gasteiger partial charge in [-0.2, -0.15) is 0 Å². The number of nitrogens with one attached hydrogen (secondary N) is 1. The Morgan fingerprint density at radius 1 is 1.26 bits per heavy atom. The summed E-state index contributed by atoms with van der Waals surface area (Å²) in [4.78, 5) is 23.0. The number of ether oxygens (including phenoxy) is 1. The molecule has 0 spiro atoms. The van der Waals surface area contributed by atoms with E-state index in [0.717, 1.165) is 30.2 Å². The first-order valence-corrected chi connectivity index (χ1v) is 7.71. The molecule has 2 aromatic heterocycles. The Bertz CT molecular complexity index is 667. The molecule has 2 aromatic rings. The molecule has 0 atom stereocenters. The van der Waals surface area contributed by atoms with E-state index in [2.05, 4.69) is 20.2 Å². The van der Waals surface area contributed by atoms with Gasteiger partial charge in [-0.1, -0.05) is 6.07 Å². The van der Waals surface area contributed by atoms with Crippen molar-refractivity contribution in [3.8, 4) is 0 Å². The van der Waals surface area contributed by atoms with Gasteiger partial charge < -0.3 is 15.0 Å². The van der Waals surface area contributed by atoms with Crippen LogP contribution in [0.2, 0.25) is 0 Å². The summed E-state index contributed by atoms with van der Waals surface area (Å²) in [6, 6.07) is 7.49. The van der Waals surface area contributed by atoms with Crippen LogP contribution in [0.4, 0.5) is 5.82 Å². The predicted octanol–water partition coefficient (Wildman–Crippen LogP) is 1.55. The number of hydrogen-bond acceptors (Lipinski definition) is 5. The number of anilines is 1. The van der Waals surface area contributed by atoms with E-state index in [4.69, 9.17) is 4.74 Å². The molecule has 1 amide bonds. The molecule has 1 aliphatic heterocycles. The smallest absolute Gasteiger partial charge is 0.253 e. The fourth-order valence-corrected chi connectivity index (χ4v) is 2.51. The van der Waals surface area contributed by atoms with Crippen molar-refractivity contribution in [1.82, 2.24) is 15.3 Å². The van der Waals surface area contributed by atoms with Crippen LogP contribution in [0.3, 0.4) is 0 Å². The maximum absolute atomic E-state index is 12.2. The van der Waals surface area contributed by atoms with Crippen molar-refractivity contribution in [3.05, 3.63) is 53.5 Å². The van der Waals surface area contributed by atoms with E-state index >= 15 is 0 Å². The van der Waals surface area contributed by atoms with E-state index in [0.29, 0.717) is 25.3 Å². The highest BCUT2D eigenvalue weighted by molar-refractivity contribution is 5.93. The van der Waals surface area contributed by atoms with Gasteiger partial charge in [0.2, 0.25) is 0 Å². The van der Waals surface area contributed by atoms with E-state index in [1.165, 1.54) is 0 Å². The van der Waals surface area contributed by atoms with Gasteiger partial charge in [0.15, 0.2) is 0 Å². The third kappa shape index (κ3) is 3.84. The summed E-state index contributed by atoms with van der Waals surface area (Å²) in [6.45, 7) is 5.38. The van der Waals surface area contributed by atoms with Crippen LogP contribution in [-0.4, -0.2) is 42.2 Å². The Morgan fingerprint density at radius 2 is 2.09 bits per heavy atom. The number of pyridine rings is 2. The standard InChI is InChI=1S/C17H20N4O2/c1-13-4-5-15(12-19-13)17(22)20-11-14-3-2-6-18-16(14)21-7-9-23-10-8-21/h2-6,12H,7-11H2,1H3,(H,20,22). The molecule has 3 rings (SSSR count). The summed E-state index contributed by atoms with van der Waals surface area (Å²) in [6.07, 6.45) is 3.37. The first-order valence-electron chi connectivity index (χ1n) is 7.71. The Labute approximate surface area is 135 Å². The lowest BCUT2D eigenvalue weighted by atomic mass is 10.2. The van der Waals surface area contributed by atoms with Gasteiger partial charge in [-0.05, 0) is 25.1 Å². The number of nitrogens with zero attached hydrogens (tertiary/aromatic N) is 3. The van der Waals surface area contributed by atoms with E-state index in [9.17, 15) is 4.79 Å². The van der Waals surface area contributed by atoms with Gasteiger partial charge in [0.1, 0.15) is 5.82 Å². The summed E-state index contributed by atoms with van der Waals surface area (Å²) < 4.78 is 5.38. The lowest BCUT2D eigenvalue weighted by Crippen LogP contribution is -2.37. The summed E-state index contributed by atoms with van der Waals surface area (Å²) in [5.41, 5.74) is 2.46. The van der Waals surface area contributed by atoms with Gasteiger partial charge in [0.25, 0.3) is 5.91 Å². The number of aryl methyl sites for hydroxylation is 1. The van der Waals surface area contributed by atoms with Crippen molar-refractivity contribution in [2.75, 3.05) is 31.2 Å². The quantitative estimate of drug-likeness (QED) is 0.928. The van der Waals surface area contributed by atoms with Crippen molar-refractivity contribution in [1.29, 1.82) is 0 Å². The summed E-state index contributed by atoms with van der Waals surface area (Å²) in [5.74, 6) is 0.785. The minimum atomic E-state index is -0.130. The number of morpholine rings is 1. The van der Waals surface area contributed by atoms with Crippen molar-refractivity contribution in [2.24, 2.45) is 0 Å². The molecule has 0 aromatic carbocycles. The Kier molecular flexibility index (Phi) is 4.83. The zero-order chi connectivity index (χ0) is 16.1. The minimum Gasteiger partial charge on any atom is -0.378 e. The lowest BCUT2D eigenvalue weighted by Gasteiger charge is -2.29. The van der Waals surface area contributed by atoms with Crippen molar-refractivity contribution >= 4 is 11.7 Å². The molecule has 6 nitrogen and oxygen atoms in total. The van der Waals surface area contributed by atoms with Crippen LogP contribution in [0, 0.1) is 6.92 Å². The SMILES string of the molecule is Cc1ccc(C(=O)NCc2cccnc2N2CCOCC2)cn1. The van der Waals surface area contributed by atoms with Crippen molar-refractivity contribution in [2.45, 2.75) is 13.5 Å². The van der Waals surface area contributed by atoms with Crippen LogP contribution >= 0.6 is 0 Å². The fraction of sp³-hybridized carbons (Fsp3) is 0.353. The third-order valence-corrected chi connectivity index (χ3v) is 3.79. The van der Waals surface area contributed by atoms with E-state index in [1.54, 1.807) is 18.5 Å². The van der Waals surface area contributed by atoms with Gasteiger partial charge in [-0.3, -0.25) is 9.78 Å². The molecule has 0 unspecified atom stereocenters. The third-order valence-electron chi connectivity index (χ3n) is 3.79. The molecule has 23 heavy (non-hydrogen) atoms. The highest BCUT2D eigenvalue weighted by Crippen LogP contribution is 2.18. The molecule has 120 valence electrons. The highest BCUT2D eigenvalue weighted by atomic mass is 16.5. The second kappa shape index (κ2) is 7.19. The molecule has 0 aliphatic carbocycles. The molecule has 0 bridgehead atoms. The van der Waals surface area contributed by atoms with Crippen LogP contribution in [0.15, 0.2) is 36.7 Å². The minimum absolute atomic E-state index is 0.130. The average Bonchev–Trinajstić information content (AvgIpc) is 2.61. The number of carbonyl (C=O) groups excluding carboxylic acids is 1. The predicted molar refractivity (Wildman–Crippen MR) is 87.4 cm³/mol. The van der Waals surface area contributed by atoms with Gasteiger partial charge >= 0.3 is 0 Å². The molecular weight excluding hydrogens is 292 g/mol. The summed E-state index contributed by atoms with van der Waals surface area (Å²) >= 11 is 0. The number of amides is 1. The van der Waals surface area contributed by atoms with Crippen molar-refractivity contribution in [3.63, 3.8) is 0 Å². The van der Waals surface area contributed by atoms with Crippen molar-refractivity contribution < 1.29 is 9.53 Å². The van der Waals surface area contributed by atoms with Crippen LogP contribution in [0.25, 0.3) is 0 Å². The normalized spacial score (nSPS) is 14.6. The molecule has 1 N–H and O–H groups in total. The number of carbonyl (C=O) groups is 1. The number of rotatable bonds is 4. The number of aromatic nitrogens is 2. The second-order valence-corrected chi connectivity index (χ2v) is 5.46. The molecule has 0 radical (unpaired) electrons. The highest BCUT2D eigenvalue weighted by Gasteiger charge is 2.16. The lowest BCUT2D eigenvalue weighted by molar-refractivity contribution is 0.0950. The van der Waals surface area contributed by atoms with Crippen LogP contribution in [-0.2, 0) is 11.3 Å². The molecule has 1 aliphatic rings. The topological polar surface area (TPSA) is 67.4 Å². The maximum Gasteiger partial charge on any atom is 0.253 e. The molecule has 6 heteroatoms. The largest absolute Gasteiger partial charge is 0.378 e. The first-order chi connectivity index (χ1) is 11.2. The monoisotopic (exact) mass is 312 g/mol. The maximum atomic E-state index is 12.2. The van der Waals surface area contributed by atoms with Crippen LogP contribution < -0.4 is 10.2 Å². The van der Waals surface area contributed by atoms with Gasteiger partial charge in [-0.25, -0.2) is 4.98 Å². The Hall–Kier alpha value is -2.47. The van der Waals surface area contributed by atoms with Crippen LogP contribution in [0.1, 0.15) is 21.6 Å². The Morgan fingerprint density at radius 3 is 2.83 bits per heavy atom. The van der Waals surface area contributed by atoms with Gasteiger partial charge in [-0.15, -0.1) is 0 Å². The molecule has 0 saturated carbocycles. The second-order valence-electron chi connectivity index (χ2n) is 5.46. The first kappa shape index (κ1) is 15.4. The molecular formula is C17H20N4O2. The fourth-order valence-electron chi connectivity index (χ4n) is 2.51. The van der Waals surface area contributed by atoms with E-state index in [1.807, 2.05) is 25.1 Å². The average molecular weight is 312 g/mol. The molecule has 3 heterocycles. The van der Waals surface area contributed by atoms with Crippen LogP contribution in [0.5, 0.6) is 0 Å².